The molecule has 0 bridgehead atoms. The number of alkyl halides is 1. The fraction of sp³-hybridized carbons (Fsp3) is 0.176. The first kappa shape index (κ1) is 13.8. The predicted molar refractivity (Wildman–Crippen MR) is 83.3 cm³/mol. The molecule has 1 heterocycles. The SMILES string of the molecule is Cc1cccc(C)c1-c1nnc(C(Cl)c2ccccc2)o1. The first-order valence-corrected chi connectivity index (χ1v) is 7.19. The molecule has 3 rings (SSSR count). The molecular weight excluding hydrogens is 284 g/mol. The zero-order valence-electron chi connectivity index (χ0n) is 11.9. The van der Waals surface area contributed by atoms with E-state index in [-0.39, 0.29) is 0 Å². The van der Waals surface area contributed by atoms with Gasteiger partial charge in [0.2, 0.25) is 11.8 Å². The van der Waals surface area contributed by atoms with Gasteiger partial charge in [0.05, 0.1) is 0 Å². The average Bonchev–Trinajstić information content (AvgIpc) is 2.97. The molecule has 0 fully saturated rings. The molecule has 1 atom stereocenters. The van der Waals surface area contributed by atoms with Gasteiger partial charge in [-0.1, -0.05) is 48.5 Å². The molecule has 3 aromatic rings. The van der Waals surface area contributed by atoms with Crippen LogP contribution in [-0.2, 0) is 0 Å². The summed E-state index contributed by atoms with van der Waals surface area (Å²) in [7, 11) is 0. The van der Waals surface area contributed by atoms with Gasteiger partial charge in [0.25, 0.3) is 0 Å². The molecule has 0 aliphatic heterocycles. The highest BCUT2D eigenvalue weighted by Crippen LogP contribution is 2.31. The molecule has 0 spiro atoms. The van der Waals surface area contributed by atoms with Gasteiger partial charge in [-0.05, 0) is 30.5 Å². The van der Waals surface area contributed by atoms with Crippen LogP contribution in [-0.4, -0.2) is 10.2 Å². The Morgan fingerprint density at radius 2 is 1.57 bits per heavy atom. The van der Waals surface area contributed by atoms with Gasteiger partial charge in [-0.2, -0.15) is 0 Å². The Kier molecular flexibility index (Phi) is 3.76. The van der Waals surface area contributed by atoms with Crippen LogP contribution in [0.3, 0.4) is 0 Å². The second kappa shape index (κ2) is 5.70. The summed E-state index contributed by atoms with van der Waals surface area (Å²) in [6, 6.07) is 15.8. The van der Waals surface area contributed by atoms with Crippen LogP contribution in [0.15, 0.2) is 52.9 Å². The molecule has 0 aliphatic carbocycles. The lowest BCUT2D eigenvalue weighted by molar-refractivity contribution is 0.512. The van der Waals surface area contributed by atoms with Crippen LogP contribution in [0.2, 0.25) is 0 Å². The summed E-state index contributed by atoms with van der Waals surface area (Å²) in [4.78, 5) is 0. The molecule has 0 N–H and O–H groups in total. The first-order chi connectivity index (χ1) is 10.2. The standard InChI is InChI=1S/C17H15ClN2O/c1-11-7-6-8-12(2)14(11)16-19-20-17(21-16)15(18)13-9-4-3-5-10-13/h3-10,15H,1-2H3. The lowest BCUT2D eigenvalue weighted by Gasteiger charge is -2.06. The highest BCUT2D eigenvalue weighted by atomic mass is 35.5. The minimum absolute atomic E-state index is 0.417. The van der Waals surface area contributed by atoms with E-state index in [1.807, 2.05) is 62.4 Å². The van der Waals surface area contributed by atoms with Gasteiger partial charge in [-0.25, -0.2) is 0 Å². The average molecular weight is 299 g/mol. The zero-order chi connectivity index (χ0) is 14.8. The molecule has 0 amide bonds. The summed E-state index contributed by atoms with van der Waals surface area (Å²) in [6.07, 6.45) is 0. The summed E-state index contributed by atoms with van der Waals surface area (Å²) in [6.45, 7) is 4.06. The van der Waals surface area contributed by atoms with Crippen molar-refractivity contribution in [1.29, 1.82) is 0 Å². The molecule has 0 radical (unpaired) electrons. The van der Waals surface area contributed by atoms with E-state index in [0.29, 0.717) is 11.8 Å². The maximum absolute atomic E-state index is 6.42. The highest BCUT2D eigenvalue weighted by molar-refractivity contribution is 6.22. The number of aryl methyl sites for hydroxylation is 2. The molecule has 21 heavy (non-hydrogen) atoms. The van der Waals surface area contributed by atoms with Crippen molar-refractivity contribution in [2.24, 2.45) is 0 Å². The molecule has 3 nitrogen and oxygen atoms in total. The van der Waals surface area contributed by atoms with Crippen molar-refractivity contribution in [2.45, 2.75) is 19.2 Å². The Morgan fingerprint density at radius 3 is 2.24 bits per heavy atom. The number of halogens is 1. The van der Waals surface area contributed by atoms with Gasteiger partial charge in [-0.15, -0.1) is 21.8 Å². The second-order valence-corrected chi connectivity index (χ2v) is 5.42. The third-order valence-electron chi connectivity index (χ3n) is 3.44. The molecule has 0 aliphatic rings. The summed E-state index contributed by atoms with van der Waals surface area (Å²) in [5, 5.41) is 7.82. The maximum atomic E-state index is 6.42. The Labute approximate surface area is 128 Å². The normalized spacial score (nSPS) is 12.3. The van der Waals surface area contributed by atoms with E-state index in [2.05, 4.69) is 10.2 Å². The van der Waals surface area contributed by atoms with Crippen LogP contribution in [0.1, 0.15) is 28.0 Å². The van der Waals surface area contributed by atoms with Crippen LogP contribution in [0, 0.1) is 13.8 Å². The van der Waals surface area contributed by atoms with Crippen LogP contribution in [0.5, 0.6) is 0 Å². The summed E-state index contributed by atoms with van der Waals surface area (Å²) < 4.78 is 5.79. The molecular formula is C17H15ClN2O. The highest BCUT2D eigenvalue weighted by Gasteiger charge is 2.20. The molecule has 4 heteroatoms. The van der Waals surface area contributed by atoms with Gasteiger partial charge in [0.1, 0.15) is 5.38 Å². The Hall–Kier alpha value is -2.13. The minimum atomic E-state index is -0.434. The predicted octanol–water partition coefficient (Wildman–Crippen LogP) is 4.68. The van der Waals surface area contributed by atoms with E-state index in [0.717, 1.165) is 22.3 Å². The third kappa shape index (κ3) is 2.69. The fourth-order valence-corrected chi connectivity index (χ4v) is 2.59. The van der Waals surface area contributed by atoms with Gasteiger partial charge in [-0.3, -0.25) is 0 Å². The summed E-state index contributed by atoms with van der Waals surface area (Å²) >= 11 is 6.42. The summed E-state index contributed by atoms with van der Waals surface area (Å²) in [5.41, 5.74) is 4.14. The van der Waals surface area contributed by atoms with Crippen LogP contribution in [0.4, 0.5) is 0 Å². The lowest BCUT2D eigenvalue weighted by Crippen LogP contribution is -1.92. The molecule has 0 saturated heterocycles. The topological polar surface area (TPSA) is 38.9 Å². The zero-order valence-corrected chi connectivity index (χ0v) is 12.6. The minimum Gasteiger partial charge on any atom is -0.419 e. The van der Waals surface area contributed by atoms with Crippen molar-refractivity contribution in [3.05, 3.63) is 71.1 Å². The number of nitrogens with zero attached hydrogens (tertiary/aromatic N) is 2. The van der Waals surface area contributed by atoms with Gasteiger partial charge >= 0.3 is 0 Å². The van der Waals surface area contributed by atoms with Crippen LogP contribution >= 0.6 is 11.6 Å². The quantitative estimate of drug-likeness (QED) is 0.659. The van der Waals surface area contributed by atoms with E-state index >= 15 is 0 Å². The number of benzene rings is 2. The van der Waals surface area contributed by atoms with Crippen molar-refractivity contribution in [2.75, 3.05) is 0 Å². The Bertz CT molecular complexity index is 732. The molecule has 2 aromatic carbocycles. The van der Waals surface area contributed by atoms with Crippen molar-refractivity contribution < 1.29 is 4.42 Å². The molecule has 1 aromatic heterocycles. The maximum Gasteiger partial charge on any atom is 0.248 e. The Balaban J connectivity index is 1.97. The summed E-state index contributed by atoms with van der Waals surface area (Å²) in [5.74, 6) is 0.933. The van der Waals surface area contributed by atoms with E-state index in [1.165, 1.54) is 0 Å². The van der Waals surface area contributed by atoms with Crippen molar-refractivity contribution >= 4 is 11.6 Å². The van der Waals surface area contributed by atoms with Crippen molar-refractivity contribution in [3.63, 3.8) is 0 Å². The van der Waals surface area contributed by atoms with Crippen LogP contribution < -0.4 is 0 Å². The van der Waals surface area contributed by atoms with Crippen molar-refractivity contribution in [1.82, 2.24) is 10.2 Å². The van der Waals surface area contributed by atoms with E-state index < -0.39 is 5.38 Å². The largest absolute Gasteiger partial charge is 0.419 e. The lowest BCUT2D eigenvalue weighted by atomic mass is 10.0. The third-order valence-corrected chi connectivity index (χ3v) is 3.88. The number of aromatic nitrogens is 2. The molecule has 0 saturated carbocycles. The molecule has 106 valence electrons. The number of hydrogen-bond donors (Lipinski definition) is 0. The Morgan fingerprint density at radius 1 is 0.905 bits per heavy atom. The fourth-order valence-electron chi connectivity index (χ4n) is 2.35. The van der Waals surface area contributed by atoms with Gasteiger partial charge in [0.15, 0.2) is 0 Å². The number of hydrogen-bond acceptors (Lipinski definition) is 3. The van der Waals surface area contributed by atoms with Gasteiger partial charge < -0.3 is 4.42 Å². The van der Waals surface area contributed by atoms with E-state index in [9.17, 15) is 0 Å². The molecule has 1 unspecified atom stereocenters. The van der Waals surface area contributed by atoms with E-state index in [4.69, 9.17) is 16.0 Å². The van der Waals surface area contributed by atoms with Crippen LogP contribution in [0.25, 0.3) is 11.5 Å². The monoisotopic (exact) mass is 298 g/mol. The number of rotatable bonds is 3. The smallest absolute Gasteiger partial charge is 0.248 e. The van der Waals surface area contributed by atoms with Crippen molar-refractivity contribution in [3.8, 4) is 11.5 Å². The first-order valence-electron chi connectivity index (χ1n) is 6.76. The second-order valence-electron chi connectivity index (χ2n) is 4.99. The van der Waals surface area contributed by atoms with E-state index in [1.54, 1.807) is 0 Å². The van der Waals surface area contributed by atoms with Gasteiger partial charge in [0, 0.05) is 5.56 Å².